The van der Waals surface area contributed by atoms with Crippen LogP contribution in [0.2, 0.25) is 0 Å². The quantitative estimate of drug-likeness (QED) is 0.554. The molecule has 2 aliphatic rings. The third kappa shape index (κ3) is 5.85. The van der Waals surface area contributed by atoms with E-state index in [1.54, 1.807) is 13.2 Å². The van der Waals surface area contributed by atoms with Crippen LogP contribution in [0.4, 0.5) is 5.95 Å². The Hall–Kier alpha value is -3.14. The van der Waals surface area contributed by atoms with Gasteiger partial charge in [0.05, 0.1) is 6.61 Å². The summed E-state index contributed by atoms with van der Waals surface area (Å²) in [4.78, 5) is 44.3. The van der Waals surface area contributed by atoms with E-state index >= 15 is 0 Å². The Morgan fingerprint density at radius 3 is 2.53 bits per heavy atom. The lowest BCUT2D eigenvalue weighted by Gasteiger charge is -2.32. The Kier molecular flexibility index (Phi) is 7.66. The summed E-state index contributed by atoms with van der Waals surface area (Å²) in [6.07, 6.45) is 4.47. The van der Waals surface area contributed by atoms with Crippen LogP contribution in [0.3, 0.4) is 0 Å². The molecular formula is C24H32N6O4. The first-order valence-electron chi connectivity index (χ1n) is 11.9. The zero-order valence-electron chi connectivity index (χ0n) is 20.0. The molecule has 1 amide bonds. The van der Waals surface area contributed by atoms with E-state index in [0.717, 1.165) is 37.8 Å². The molecule has 0 spiro atoms. The Morgan fingerprint density at radius 2 is 1.88 bits per heavy atom. The molecule has 1 saturated carbocycles. The highest BCUT2D eigenvalue weighted by molar-refractivity contribution is 5.92. The maximum Gasteiger partial charge on any atom is 0.322 e. The highest BCUT2D eigenvalue weighted by atomic mass is 16.5. The number of nitrogens with one attached hydrogen (secondary N) is 1. The molecule has 2 aromatic heterocycles. The molecule has 10 heteroatoms. The molecule has 0 aromatic carbocycles. The molecule has 1 aliphatic carbocycles. The molecule has 0 bridgehead atoms. The number of rotatable bonds is 9. The fourth-order valence-electron chi connectivity index (χ4n) is 4.14. The Morgan fingerprint density at radius 1 is 1.12 bits per heavy atom. The monoisotopic (exact) mass is 468 g/mol. The van der Waals surface area contributed by atoms with Gasteiger partial charge in [0, 0.05) is 44.8 Å². The van der Waals surface area contributed by atoms with Gasteiger partial charge in [-0.05, 0) is 51.2 Å². The van der Waals surface area contributed by atoms with E-state index in [9.17, 15) is 9.59 Å². The van der Waals surface area contributed by atoms with Crippen LogP contribution in [0.25, 0.3) is 0 Å². The minimum absolute atomic E-state index is 0.0348. The van der Waals surface area contributed by atoms with Crippen molar-refractivity contribution in [3.63, 3.8) is 0 Å². The third-order valence-corrected chi connectivity index (χ3v) is 6.28. The number of amides is 1. The predicted octanol–water partition coefficient (Wildman–Crippen LogP) is 2.55. The number of Topliss-reactive ketones (excluding diaryl/α,β-unsaturated/α-hetero) is 1. The van der Waals surface area contributed by atoms with Crippen LogP contribution >= 0.6 is 0 Å². The average Bonchev–Trinajstić information content (AvgIpc) is 2.81. The maximum absolute atomic E-state index is 12.8. The normalized spacial score (nSPS) is 17.7. The largest absolute Gasteiger partial charge is 0.458 e. The number of aromatic nitrogens is 4. The Labute approximate surface area is 199 Å². The van der Waals surface area contributed by atoms with Gasteiger partial charge in [0.25, 0.3) is 5.91 Å². The van der Waals surface area contributed by atoms with Crippen LogP contribution in [0, 0.1) is 0 Å². The van der Waals surface area contributed by atoms with Gasteiger partial charge in [-0.15, -0.1) is 0 Å². The highest BCUT2D eigenvalue weighted by Gasteiger charge is 2.27. The zero-order valence-corrected chi connectivity index (χ0v) is 20.0. The highest BCUT2D eigenvalue weighted by Crippen LogP contribution is 2.29. The number of nitrogens with zero attached hydrogens (tertiary/aromatic N) is 5. The number of carbonyl (C=O) groups is 2. The van der Waals surface area contributed by atoms with Gasteiger partial charge in [0.15, 0.2) is 5.78 Å². The summed E-state index contributed by atoms with van der Waals surface area (Å²) in [5, 5.41) is 2.99. The second-order valence-electron chi connectivity index (χ2n) is 8.99. The van der Waals surface area contributed by atoms with Gasteiger partial charge in [0.1, 0.15) is 11.8 Å². The standard InChI is InChI=1S/C24H32N6O4/c1-15(14-33-3)34-24-28-21(22(32)25-18-6-4-7-18)27-23(29-24)30-12-10-17(11-13-30)20-9-5-8-19(26-20)16(2)31/h5,8-9,15,17-18H,4,6-7,10-14H2,1-3H3,(H,25,32)/t15-/m1/s1. The SMILES string of the molecule is COC[C@@H](C)Oc1nc(C(=O)NC2CCC2)nc(N2CCC(c3cccc(C(C)=O)n3)CC2)n1. The second kappa shape index (κ2) is 10.9. The number of ether oxygens (including phenoxy) is 2. The van der Waals surface area contributed by atoms with Crippen molar-refractivity contribution in [1.29, 1.82) is 0 Å². The van der Waals surface area contributed by atoms with Crippen LogP contribution in [0.1, 0.15) is 78.7 Å². The average molecular weight is 469 g/mol. The molecule has 3 heterocycles. The first-order chi connectivity index (χ1) is 16.4. The van der Waals surface area contributed by atoms with Gasteiger partial charge in [-0.1, -0.05) is 6.07 Å². The van der Waals surface area contributed by atoms with E-state index in [2.05, 4.69) is 25.3 Å². The Bertz CT molecular complexity index is 1020. The zero-order chi connectivity index (χ0) is 24.1. The van der Waals surface area contributed by atoms with E-state index in [1.165, 1.54) is 6.92 Å². The van der Waals surface area contributed by atoms with Crippen molar-refractivity contribution < 1.29 is 19.1 Å². The number of ketones is 1. The number of hydrogen-bond donors (Lipinski definition) is 1. The van der Waals surface area contributed by atoms with Gasteiger partial charge >= 0.3 is 6.01 Å². The molecule has 4 rings (SSSR count). The minimum Gasteiger partial charge on any atom is -0.458 e. The molecule has 1 N–H and O–H groups in total. The lowest BCUT2D eigenvalue weighted by Crippen LogP contribution is -2.41. The number of piperidine rings is 1. The topological polar surface area (TPSA) is 119 Å². The summed E-state index contributed by atoms with van der Waals surface area (Å²) in [5.74, 6) is 0.396. The van der Waals surface area contributed by atoms with Crippen molar-refractivity contribution in [1.82, 2.24) is 25.3 Å². The smallest absolute Gasteiger partial charge is 0.322 e. The summed E-state index contributed by atoms with van der Waals surface area (Å²) < 4.78 is 11.0. The van der Waals surface area contributed by atoms with E-state index in [-0.39, 0.29) is 41.6 Å². The summed E-state index contributed by atoms with van der Waals surface area (Å²) in [6, 6.07) is 5.90. The molecule has 1 aliphatic heterocycles. The summed E-state index contributed by atoms with van der Waals surface area (Å²) in [5.41, 5.74) is 1.42. The predicted molar refractivity (Wildman–Crippen MR) is 125 cm³/mol. The van der Waals surface area contributed by atoms with Crippen molar-refractivity contribution in [3.8, 4) is 6.01 Å². The van der Waals surface area contributed by atoms with Crippen molar-refractivity contribution in [2.45, 2.75) is 64.0 Å². The number of anilines is 1. The molecule has 10 nitrogen and oxygen atoms in total. The molecular weight excluding hydrogens is 436 g/mol. The molecule has 0 unspecified atom stereocenters. The molecule has 2 aromatic rings. The molecule has 1 atom stereocenters. The van der Waals surface area contributed by atoms with Gasteiger partial charge in [-0.3, -0.25) is 9.59 Å². The molecule has 0 radical (unpaired) electrons. The van der Waals surface area contributed by atoms with Crippen LogP contribution in [-0.4, -0.2) is 70.6 Å². The number of pyridine rings is 1. The first-order valence-corrected chi connectivity index (χ1v) is 11.9. The summed E-state index contributed by atoms with van der Waals surface area (Å²) in [7, 11) is 1.60. The van der Waals surface area contributed by atoms with Crippen molar-refractivity contribution in [2.75, 3.05) is 31.7 Å². The Balaban J connectivity index is 1.49. The van der Waals surface area contributed by atoms with Gasteiger partial charge in [-0.25, -0.2) is 4.98 Å². The van der Waals surface area contributed by atoms with Crippen LogP contribution in [0.5, 0.6) is 6.01 Å². The minimum atomic E-state index is -0.308. The van der Waals surface area contributed by atoms with Crippen LogP contribution in [0.15, 0.2) is 18.2 Å². The fourth-order valence-corrected chi connectivity index (χ4v) is 4.14. The van der Waals surface area contributed by atoms with Crippen LogP contribution < -0.4 is 15.0 Å². The third-order valence-electron chi connectivity index (χ3n) is 6.28. The van der Waals surface area contributed by atoms with Crippen molar-refractivity contribution in [3.05, 3.63) is 35.4 Å². The van der Waals surface area contributed by atoms with Gasteiger partial charge < -0.3 is 19.7 Å². The number of carbonyl (C=O) groups excluding carboxylic acids is 2. The lowest BCUT2D eigenvalue weighted by molar-refractivity contribution is 0.0832. The molecule has 2 fully saturated rings. The number of methoxy groups -OCH3 is 1. The number of hydrogen-bond acceptors (Lipinski definition) is 9. The van der Waals surface area contributed by atoms with Gasteiger partial charge in [-0.2, -0.15) is 15.0 Å². The maximum atomic E-state index is 12.8. The molecule has 1 saturated heterocycles. The van der Waals surface area contributed by atoms with Crippen molar-refractivity contribution >= 4 is 17.6 Å². The summed E-state index contributed by atoms with van der Waals surface area (Å²) in [6.45, 7) is 5.15. The van der Waals surface area contributed by atoms with E-state index < -0.39 is 0 Å². The summed E-state index contributed by atoms with van der Waals surface area (Å²) >= 11 is 0. The van der Waals surface area contributed by atoms with Crippen molar-refractivity contribution in [2.24, 2.45) is 0 Å². The first kappa shape index (κ1) is 24.0. The second-order valence-corrected chi connectivity index (χ2v) is 8.99. The van der Waals surface area contributed by atoms with Crippen LogP contribution in [-0.2, 0) is 4.74 Å². The van der Waals surface area contributed by atoms with E-state index in [1.807, 2.05) is 24.0 Å². The van der Waals surface area contributed by atoms with Gasteiger partial charge in [0.2, 0.25) is 11.8 Å². The van der Waals surface area contributed by atoms with E-state index in [0.29, 0.717) is 31.3 Å². The molecule has 34 heavy (non-hydrogen) atoms. The molecule has 182 valence electrons. The fraction of sp³-hybridized carbons (Fsp3) is 0.583. The lowest BCUT2D eigenvalue weighted by atomic mass is 9.93. The van der Waals surface area contributed by atoms with E-state index in [4.69, 9.17) is 9.47 Å².